The van der Waals surface area contributed by atoms with E-state index in [1.165, 1.54) is 4.90 Å². The van der Waals surface area contributed by atoms with Crippen LogP contribution in [0.2, 0.25) is 0 Å². The largest absolute Gasteiger partial charge is 0.507 e. The molecule has 1 heterocycles. The van der Waals surface area contributed by atoms with E-state index < -0.39 is 17.7 Å². The molecule has 0 aromatic heterocycles. The Morgan fingerprint density at radius 3 is 2.49 bits per heavy atom. The third-order valence-electron chi connectivity index (χ3n) is 6.66. The molecular formula is C31H42N2O6. The number of hydrogen-bond donors (Lipinski definition) is 1. The van der Waals surface area contributed by atoms with Gasteiger partial charge in [-0.1, -0.05) is 45.4 Å². The second kappa shape index (κ2) is 14.0. The normalized spacial score (nSPS) is 16.8. The van der Waals surface area contributed by atoms with E-state index >= 15 is 0 Å². The van der Waals surface area contributed by atoms with Crippen LogP contribution in [-0.2, 0) is 9.59 Å². The van der Waals surface area contributed by atoms with Gasteiger partial charge in [0.1, 0.15) is 11.5 Å². The highest BCUT2D eigenvalue weighted by molar-refractivity contribution is 6.46. The predicted molar refractivity (Wildman–Crippen MR) is 152 cm³/mol. The molecule has 3 rings (SSSR count). The van der Waals surface area contributed by atoms with Gasteiger partial charge in [-0.25, -0.2) is 0 Å². The minimum atomic E-state index is -0.784. The number of likely N-dealkylation sites (tertiary alicyclic amines) is 1. The zero-order valence-corrected chi connectivity index (χ0v) is 24.0. The molecule has 0 radical (unpaired) electrons. The van der Waals surface area contributed by atoms with Gasteiger partial charge in [0.05, 0.1) is 31.9 Å². The molecule has 1 aliphatic rings. The zero-order chi connectivity index (χ0) is 28.5. The molecule has 1 saturated heterocycles. The summed E-state index contributed by atoms with van der Waals surface area (Å²) in [6, 6.07) is 11.6. The quantitative estimate of drug-likeness (QED) is 0.151. The number of amides is 1. The van der Waals surface area contributed by atoms with Crippen LogP contribution < -0.4 is 14.2 Å². The monoisotopic (exact) mass is 538 g/mol. The molecule has 8 heteroatoms. The molecule has 0 aliphatic carbocycles. The van der Waals surface area contributed by atoms with Crippen molar-refractivity contribution in [2.45, 2.75) is 46.1 Å². The molecule has 39 heavy (non-hydrogen) atoms. The van der Waals surface area contributed by atoms with E-state index in [9.17, 15) is 14.7 Å². The molecule has 2 aromatic carbocycles. The first-order chi connectivity index (χ1) is 18.7. The van der Waals surface area contributed by atoms with Gasteiger partial charge < -0.3 is 29.1 Å². The van der Waals surface area contributed by atoms with Gasteiger partial charge in [-0.05, 0) is 62.7 Å². The lowest BCUT2D eigenvalue weighted by Gasteiger charge is -2.27. The molecule has 8 nitrogen and oxygen atoms in total. The van der Waals surface area contributed by atoms with Crippen LogP contribution in [0.1, 0.15) is 57.2 Å². The van der Waals surface area contributed by atoms with Crippen LogP contribution in [0.25, 0.3) is 5.76 Å². The number of carbonyl (C=O) groups is 2. The summed E-state index contributed by atoms with van der Waals surface area (Å²) in [7, 11) is 5.37. The van der Waals surface area contributed by atoms with Crippen LogP contribution in [0.3, 0.4) is 0 Å². The van der Waals surface area contributed by atoms with Crippen molar-refractivity contribution in [1.82, 2.24) is 9.80 Å². The highest BCUT2D eigenvalue weighted by atomic mass is 16.5. The molecule has 1 amide bonds. The number of methoxy groups -OCH3 is 1. The molecule has 1 N–H and O–H groups in total. The number of Topliss-reactive ketones (excluding diaryl/α,β-unsaturated/α-hetero) is 1. The Hall–Kier alpha value is -3.52. The maximum Gasteiger partial charge on any atom is 0.295 e. The first-order valence-electron chi connectivity index (χ1n) is 13.6. The number of carbonyl (C=O) groups excluding carboxylic acids is 2. The summed E-state index contributed by atoms with van der Waals surface area (Å²) < 4.78 is 17.4. The fraction of sp³-hybridized carbons (Fsp3) is 0.484. The van der Waals surface area contributed by atoms with Crippen molar-refractivity contribution < 1.29 is 28.9 Å². The van der Waals surface area contributed by atoms with Crippen LogP contribution in [0.15, 0.2) is 48.0 Å². The molecule has 1 unspecified atom stereocenters. The maximum absolute atomic E-state index is 13.4. The van der Waals surface area contributed by atoms with Crippen molar-refractivity contribution in [3.63, 3.8) is 0 Å². The first kappa shape index (κ1) is 30.0. The van der Waals surface area contributed by atoms with E-state index in [4.69, 9.17) is 14.2 Å². The number of aliphatic hydroxyl groups excluding tert-OH is 1. The highest BCUT2D eigenvalue weighted by Gasteiger charge is 2.46. The Labute approximate surface area is 232 Å². The fourth-order valence-electron chi connectivity index (χ4n) is 4.37. The molecule has 0 bridgehead atoms. The number of rotatable bonds is 14. The summed E-state index contributed by atoms with van der Waals surface area (Å²) in [6.45, 7) is 8.32. The molecule has 212 valence electrons. The predicted octanol–water partition coefficient (Wildman–Crippen LogP) is 5.28. The third kappa shape index (κ3) is 7.53. The minimum Gasteiger partial charge on any atom is -0.507 e. The number of likely N-dealkylation sites (N-methyl/N-ethyl adjacent to an activating group) is 1. The van der Waals surface area contributed by atoms with Crippen LogP contribution in [0, 0.1) is 5.92 Å². The Bertz CT molecular complexity index is 1170. The molecule has 2 aromatic rings. The number of benzene rings is 2. The molecule has 0 spiro atoms. The van der Waals surface area contributed by atoms with Crippen molar-refractivity contribution in [1.29, 1.82) is 0 Å². The summed E-state index contributed by atoms with van der Waals surface area (Å²) in [4.78, 5) is 30.1. The number of ketones is 1. The number of unbranched alkanes of at least 4 members (excludes halogenated alkanes) is 1. The standard InChI is InChI=1S/C31H42N2O6/c1-7-8-17-38-24-11-9-10-23(19-24)29(34)27-28(33(16-15-32(4)5)31(36)30(27)35)22-12-13-25(26(20-22)37-6)39-18-14-21(2)3/h9-13,19-21,28,34H,7-8,14-18H2,1-6H3/b29-27+. The minimum absolute atomic E-state index is 0.0417. The average Bonchev–Trinajstić information content (AvgIpc) is 3.16. The fourth-order valence-corrected chi connectivity index (χ4v) is 4.37. The number of ether oxygens (including phenoxy) is 3. The topological polar surface area (TPSA) is 88.5 Å². The summed E-state index contributed by atoms with van der Waals surface area (Å²) >= 11 is 0. The van der Waals surface area contributed by atoms with Crippen molar-refractivity contribution in [3.05, 3.63) is 59.2 Å². The number of hydrogen-bond acceptors (Lipinski definition) is 7. The van der Waals surface area contributed by atoms with Gasteiger partial charge in [0.15, 0.2) is 11.5 Å². The second-order valence-electron chi connectivity index (χ2n) is 10.5. The maximum atomic E-state index is 13.4. The van der Waals surface area contributed by atoms with Crippen molar-refractivity contribution in [3.8, 4) is 17.2 Å². The smallest absolute Gasteiger partial charge is 0.295 e. The lowest BCUT2D eigenvalue weighted by molar-refractivity contribution is -0.140. The summed E-state index contributed by atoms with van der Waals surface area (Å²) in [6.07, 6.45) is 2.81. The van der Waals surface area contributed by atoms with Gasteiger partial charge in [0.2, 0.25) is 0 Å². The number of aliphatic hydroxyl groups is 1. The summed E-state index contributed by atoms with van der Waals surface area (Å²) in [5, 5.41) is 11.4. The Kier molecular flexibility index (Phi) is 10.8. The van der Waals surface area contributed by atoms with Crippen molar-refractivity contribution >= 4 is 17.4 Å². The van der Waals surface area contributed by atoms with Crippen LogP contribution >= 0.6 is 0 Å². The lowest BCUT2D eigenvalue weighted by Crippen LogP contribution is -2.35. The molecule has 0 saturated carbocycles. The average molecular weight is 539 g/mol. The second-order valence-corrected chi connectivity index (χ2v) is 10.5. The van der Waals surface area contributed by atoms with Gasteiger partial charge in [-0.3, -0.25) is 9.59 Å². The van der Waals surface area contributed by atoms with Crippen molar-refractivity contribution in [2.24, 2.45) is 5.92 Å². The third-order valence-corrected chi connectivity index (χ3v) is 6.66. The first-order valence-corrected chi connectivity index (χ1v) is 13.6. The molecule has 1 fully saturated rings. The lowest BCUT2D eigenvalue weighted by atomic mass is 9.95. The van der Waals surface area contributed by atoms with E-state index in [1.807, 2.05) is 31.1 Å². The Morgan fingerprint density at radius 2 is 1.82 bits per heavy atom. The van der Waals surface area contributed by atoms with Gasteiger partial charge in [-0.15, -0.1) is 0 Å². The van der Waals surface area contributed by atoms with E-state index in [-0.39, 0.29) is 11.3 Å². The SMILES string of the molecule is CCCCOc1cccc(/C(O)=C2\C(=O)C(=O)N(CCN(C)C)C2c2ccc(OCCC(C)C)c(OC)c2)c1. The number of nitrogens with zero attached hydrogens (tertiary/aromatic N) is 2. The Morgan fingerprint density at radius 1 is 1.05 bits per heavy atom. The highest BCUT2D eigenvalue weighted by Crippen LogP contribution is 2.42. The van der Waals surface area contributed by atoms with E-state index in [0.29, 0.717) is 60.6 Å². The Balaban J connectivity index is 2.06. The van der Waals surface area contributed by atoms with Gasteiger partial charge in [-0.2, -0.15) is 0 Å². The van der Waals surface area contributed by atoms with Gasteiger partial charge >= 0.3 is 0 Å². The molecule has 1 aliphatic heterocycles. The zero-order valence-electron chi connectivity index (χ0n) is 24.0. The molecular weight excluding hydrogens is 496 g/mol. The van der Waals surface area contributed by atoms with Crippen molar-refractivity contribution in [2.75, 3.05) is 47.5 Å². The summed E-state index contributed by atoms with van der Waals surface area (Å²) in [5.41, 5.74) is 1.11. The van der Waals surface area contributed by atoms with E-state index in [0.717, 1.165) is 19.3 Å². The van der Waals surface area contributed by atoms with Crippen LogP contribution in [-0.4, -0.2) is 74.1 Å². The van der Waals surface area contributed by atoms with Gasteiger partial charge in [0.25, 0.3) is 11.7 Å². The van der Waals surface area contributed by atoms with Gasteiger partial charge in [0, 0.05) is 18.7 Å². The van der Waals surface area contributed by atoms with Crippen LogP contribution in [0.5, 0.6) is 17.2 Å². The van der Waals surface area contributed by atoms with E-state index in [1.54, 1.807) is 37.4 Å². The molecule has 1 atom stereocenters. The van der Waals surface area contributed by atoms with E-state index in [2.05, 4.69) is 20.8 Å². The summed E-state index contributed by atoms with van der Waals surface area (Å²) in [5.74, 6) is 0.588. The van der Waals surface area contributed by atoms with Crippen LogP contribution in [0.4, 0.5) is 0 Å².